The molecule has 0 aliphatic heterocycles. The van der Waals surface area contributed by atoms with Crippen LogP contribution in [0.3, 0.4) is 0 Å². The third-order valence-electron chi connectivity index (χ3n) is 4.48. The number of pyridine rings is 1. The minimum Gasteiger partial charge on any atom is -0.373 e. The summed E-state index contributed by atoms with van der Waals surface area (Å²) < 4.78 is 0. The highest BCUT2D eigenvalue weighted by atomic mass is 15.0. The highest BCUT2D eigenvalue weighted by Gasteiger charge is 2.12. The molecular weight excluding hydrogens is 334 g/mol. The second-order valence-corrected chi connectivity index (χ2v) is 6.24. The lowest BCUT2D eigenvalue weighted by Gasteiger charge is -2.12. The number of aryl methyl sites for hydroxylation is 1. The van der Waals surface area contributed by atoms with E-state index in [0.29, 0.717) is 11.5 Å². The predicted molar refractivity (Wildman–Crippen MR) is 109 cm³/mol. The summed E-state index contributed by atoms with van der Waals surface area (Å²) in [7, 11) is 1.86. The molecule has 0 radical (unpaired) electrons. The van der Waals surface area contributed by atoms with Crippen LogP contribution in [-0.2, 0) is 0 Å². The van der Waals surface area contributed by atoms with Crippen molar-refractivity contribution in [2.45, 2.75) is 6.92 Å². The molecule has 5 heteroatoms. The molecule has 4 rings (SSSR count). The molecule has 0 bridgehead atoms. The highest BCUT2D eigenvalue weighted by molar-refractivity contribution is 5.96. The lowest BCUT2D eigenvalue weighted by Crippen LogP contribution is -2.00. The number of aromatic nitrogens is 3. The Hall–Kier alpha value is -3.78. The average Bonchev–Trinajstić information content (AvgIpc) is 2.73. The van der Waals surface area contributed by atoms with Gasteiger partial charge in [-0.15, -0.1) is 0 Å². The average molecular weight is 351 g/mol. The molecule has 2 aromatic heterocycles. The van der Waals surface area contributed by atoms with E-state index in [1.54, 1.807) is 12.4 Å². The minimum absolute atomic E-state index is 0.636. The van der Waals surface area contributed by atoms with Gasteiger partial charge in [-0.25, -0.2) is 14.8 Å². The molecule has 130 valence electrons. The first-order chi connectivity index (χ1) is 13.2. The molecule has 0 spiro atoms. The SMILES string of the molecule is [C-]#[N+]c1ccc(-c2cc(C)c3nc(-c4cccnc4)nc(NC)c3c2)cc1. The molecule has 0 amide bonds. The molecule has 4 aromatic rings. The van der Waals surface area contributed by atoms with Crippen molar-refractivity contribution < 1.29 is 0 Å². The van der Waals surface area contributed by atoms with E-state index in [1.807, 2.05) is 43.4 Å². The lowest BCUT2D eigenvalue weighted by atomic mass is 10.00. The third-order valence-corrected chi connectivity index (χ3v) is 4.48. The minimum atomic E-state index is 0.636. The van der Waals surface area contributed by atoms with Crippen LogP contribution >= 0.6 is 0 Å². The summed E-state index contributed by atoms with van der Waals surface area (Å²) in [6, 6.07) is 15.7. The Kier molecular flexibility index (Phi) is 4.23. The first-order valence-corrected chi connectivity index (χ1v) is 8.58. The van der Waals surface area contributed by atoms with Crippen LogP contribution in [0.25, 0.3) is 38.3 Å². The third kappa shape index (κ3) is 3.09. The van der Waals surface area contributed by atoms with Crippen LogP contribution in [0.4, 0.5) is 11.5 Å². The van der Waals surface area contributed by atoms with Crippen LogP contribution in [0.15, 0.2) is 60.9 Å². The summed E-state index contributed by atoms with van der Waals surface area (Å²) in [6.07, 6.45) is 3.50. The molecule has 0 aliphatic carbocycles. The monoisotopic (exact) mass is 351 g/mol. The van der Waals surface area contributed by atoms with E-state index >= 15 is 0 Å². The van der Waals surface area contributed by atoms with Crippen molar-refractivity contribution in [3.05, 3.63) is 77.9 Å². The first-order valence-electron chi connectivity index (χ1n) is 8.58. The fourth-order valence-corrected chi connectivity index (χ4v) is 3.12. The topological polar surface area (TPSA) is 55.1 Å². The van der Waals surface area contributed by atoms with E-state index in [0.717, 1.165) is 39.0 Å². The molecule has 27 heavy (non-hydrogen) atoms. The second-order valence-electron chi connectivity index (χ2n) is 6.24. The zero-order valence-electron chi connectivity index (χ0n) is 15.1. The second kappa shape index (κ2) is 6.85. The van der Waals surface area contributed by atoms with Gasteiger partial charge in [0.25, 0.3) is 0 Å². The van der Waals surface area contributed by atoms with Crippen molar-refractivity contribution in [3.8, 4) is 22.5 Å². The van der Waals surface area contributed by atoms with Gasteiger partial charge in [0.1, 0.15) is 5.82 Å². The van der Waals surface area contributed by atoms with Crippen LogP contribution in [0.1, 0.15) is 5.56 Å². The van der Waals surface area contributed by atoms with Crippen LogP contribution in [0, 0.1) is 13.5 Å². The van der Waals surface area contributed by atoms with Crippen molar-refractivity contribution in [1.82, 2.24) is 15.0 Å². The van der Waals surface area contributed by atoms with Crippen LogP contribution < -0.4 is 5.32 Å². The van der Waals surface area contributed by atoms with Gasteiger partial charge in [-0.3, -0.25) is 4.98 Å². The number of hydrogen-bond acceptors (Lipinski definition) is 4. The Balaban J connectivity index is 1.90. The van der Waals surface area contributed by atoms with Gasteiger partial charge in [0, 0.05) is 30.4 Å². The lowest BCUT2D eigenvalue weighted by molar-refractivity contribution is 1.19. The molecule has 0 saturated carbocycles. The van der Waals surface area contributed by atoms with Crippen molar-refractivity contribution in [2.75, 3.05) is 12.4 Å². The largest absolute Gasteiger partial charge is 0.373 e. The Morgan fingerprint density at radius 2 is 1.78 bits per heavy atom. The summed E-state index contributed by atoms with van der Waals surface area (Å²) in [5.41, 5.74) is 5.64. The Labute approximate surface area is 157 Å². The van der Waals surface area contributed by atoms with Crippen molar-refractivity contribution in [3.63, 3.8) is 0 Å². The summed E-state index contributed by atoms with van der Waals surface area (Å²) >= 11 is 0. The number of anilines is 1. The Morgan fingerprint density at radius 3 is 2.44 bits per heavy atom. The zero-order chi connectivity index (χ0) is 18.8. The number of nitrogens with one attached hydrogen (secondary N) is 1. The normalized spacial score (nSPS) is 10.6. The quantitative estimate of drug-likeness (QED) is 0.512. The smallest absolute Gasteiger partial charge is 0.187 e. The van der Waals surface area contributed by atoms with E-state index in [-0.39, 0.29) is 0 Å². The van der Waals surface area contributed by atoms with Crippen molar-refractivity contribution in [2.24, 2.45) is 0 Å². The summed E-state index contributed by atoms with van der Waals surface area (Å²) in [5.74, 6) is 1.43. The van der Waals surface area contributed by atoms with Crippen molar-refractivity contribution in [1.29, 1.82) is 0 Å². The zero-order valence-corrected chi connectivity index (χ0v) is 15.1. The molecule has 0 aliphatic rings. The fourth-order valence-electron chi connectivity index (χ4n) is 3.12. The maximum atomic E-state index is 7.10. The standard InChI is InChI=1S/C22H17N5/c1-14-11-17(15-6-8-18(23-2)9-7-15)12-19-20(14)26-21(27-22(19)24-3)16-5-4-10-25-13-16/h4-13H,1,3H3,(H,24,26,27). The summed E-state index contributed by atoms with van der Waals surface area (Å²) in [4.78, 5) is 17.1. The Morgan fingerprint density at radius 1 is 0.963 bits per heavy atom. The van der Waals surface area contributed by atoms with Gasteiger partial charge >= 0.3 is 0 Å². The van der Waals surface area contributed by atoms with Gasteiger partial charge < -0.3 is 5.32 Å². The van der Waals surface area contributed by atoms with Gasteiger partial charge in [0.05, 0.1) is 12.1 Å². The number of hydrogen-bond donors (Lipinski definition) is 1. The highest BCUT2D eigenvalue weighted by Crippen LogP contribution is 2.32. The number of benzene rings is 2. The molecule has 2 aromatic carbocycles. The first kappa shape index (κ1) is 16.7. The maximum absolute atomic E-state index is 7.10. The molecule has 0 unspecified atom stereocenters. The predicted octanol–water partition coefficient (Wildman–Crippen LogP) is 5.26. The molecular formula is C22H17N5. The van der Waals surface area contributed by atoms with Gasteiger partial charge in [0.15, 0.2) is 11.5 Å². The van der Waals surface area contributed by atoms with E-state index < -0.39 is 0 Å². The van der Waals surface area contributed by atoms with E-state index in [1.165, 1.54) is 0 Å². The number of nitrogens with zero attached hydrogens (tertiary/aromatic N) is 4. The van der Waals surface area contributed by atoms with Crippen LogP contribution in [0.5, 0.6) is 0 Å². The maximum Gasteiger partial charge on any atom is 0.187 e. The molecule has 1 N–H and O–H groups in total. The van der Waals surface area contributed by atoms with Gasteiger partial charge in [0.2, 0.25) is 0 Å². The fraction of sp³-hybridized carbons (Fsp3) is 0.0909. The summed E-state index contributed by atoms with van der Waals surface area (Å²) in [6.45, 7) is 9.16. The number of rotatable bonds is 3. The van der Waals surface area contributed by atoms with Gasteiger partial charge in [-0.1, -0.05) is 24.3 Å². The molecule has 0 fully saturated rings. The molecule has 0 saturated heterocycles. The Bertz CT molecular complexity index is 1160. The van der Waals surface area contributed by atoms with E-state index in [9.17, 15) is 0 Å². The molecule has 2 heterocycles. The molecule has 0 atom stereocenters. The summed E-state index contributed by atoms with van der Waals surface area (Å²) in [5, 5.41) is 4.16. The van der Waals surface area contributed by atoms with Gasteiger partial charge in [-0.2, -0.15) is 0 Å². The van der Waals surface area contributed by atoms with Gasteiger partial charge in [-0.05, 0) is 47.9 Å². The van der Waals surface area contributed by atoms with Crippen LogP contribution in [-0.4, -0.2) is 22.0 Å². The number of fused-ring (bicyclic) bond motifs is 1. The van der Waals surface area contributed by atoms with E-state index in [4.69, 9.17) is 16.5 Å². The van der Waals surface area contributed by atoms with Crippen LogP contribution in [0.2, 0.25) is 0 Å². The molecule has 5 nitrogen and oxygen atoms in total. The van der Waals surface area contributed by atoms with Crippen molar-refractivity contribution >= 4 is 22.4 Å². The van der Waals surface area contributed by atoms with E-state index in [2.05, 4.69) is 34.2 Å².